The second-order valence-electron chi connectivity index (χ2n) is 6.52. The van der Waals surface area contributed by atoms with Crippen molar-refractivity contribution >= 4 is 12.3 Å². The summed E-state index contributed by atoms with van der Waals surface area (Å²) in [5, 5.41) is 0. The summed E-state index contributed by atoms with van der Waals surface area (Å²) in [5.41, 5.74) is 2.97. The zero-order chi connectivity index (χ0) is 18.6. The van der Waals surface area contributed by atoms with Crippen molar-refractivity contribution in [3.8, 4) is 11.5 Å². The lowest BCUT2D eigenvalue weighted by Crippen LogP contribution is -2.34. The average molecular weight is 361 g/mol. The highest BCUT2D eigenvalue weighted by Gasteiger charge is 2.55. The van der Waals surface area contributed by atoms with Crippen molar-refractivity contribution in [2.45, 2.75) is 31.4 Å². The van der Waals surface area contributed by atoms with Crippen molar-refractivity contribution < 1.29 is 28.6 Å². The zero-order valence-electron chi connectivity index (χ0n) is 14.7. The lowest BCUT2D eigenvalue weighted by atomic mass is 10.1. The summed E-state index contributed by atoms with van der Waals surface area (Å²) in [6, 6.07) is 6.50. The summed E-state index contributed by atoms with van der Waals surface area (Å²) in [7, 11) is 0. The number of aldehydes is 1. The minimum Gasteiger partial charge on any atom is -0.490 e. The first kappa shape index (κ1) is 18.4. The number of epoxide rings is 1. The molecular formula is C19H23NO6. The van der Waals surface area contributed by atoms with E-state index in [1.54, 1.807) is 31.2 Å². The lowest BCUT2D eigenvalue weighted by molar-refractivity contribution is -0.150. The Labute approximate surface area is 152 Å². The number of hydroxylamine groups is 1. The van der Waals surface area contributed by atoms with Crippen LogP contribution >= 0.6 is 0 Å². The second kappa shape index (κ2) is 7.88. The number of allylic oxidation sites excluding steroid dienone is 1. The van der Waals surface area contributed by atoms with Crippen molar-refractivity contribution in [3.63, 3.8) is 0 Å². The van der Waals surface area contributed by atoms with Crippen molar-refractivity contribution in [2.24, 2.45) is 5.92 Å². The topological polar surface area (TPSA) is 86.4 Å². The number of carbonyl (C=O) groups is 2. The van der Waals surface area contributed by atoms with Gasteiger partial charge in [-0.1, -0.05) is 12.2 Å². The van der Waals surface area contributed by atoms with E-state index in [1.807, 2.05) is 0 Å². The fourth-order valence-electron chi connectivity index (χ4n) is 2.50. The minimum atomic E-state index is -0.975. The molecule has 1 aromatic rings. The molecule has 0 amide bonds. The summed E-state index contributed by atoms with van der Waals surface area (Å²) >= 11 is 0. The van der Waals surface area contributed by atoms with E-state index in [1.165, 1.54) is 5.57 Å². The Hall–Kier alpha value is -2.38. The first-order chi connectivity index (χ1) is 12.6. The fourth-order valence-corrected chi connectivity index (χ4v) is 2.50. The molecule has 2 aliphatic rings. The van der Waals surface area contributed by atoms with Crippen LogP contribution in [0.25, 0.3) is 0 Å². The normalized spacial score (nSPS) is 24.5. The summed E-state index contributed by atoms with van der Waals surface area (Å²) in [5.74, 6) is 1.15. The van der Waals surface area contributed by atoms with Gasteiger partial charge in [-0.15, -0.1) is 5.48 Å². The van der Waals surface area contributed by atoms with Crippen LogP contribution in [0.4, 0.5) is 0 Å². The van der Waals surface area contributed by atoms with Gasteiger partial charge in [0.25, 0.3) is 0 Å². The molecule has 1 aromatic carbocycles. The summed E-state index contributed by atoms with van der Waals surface area (Å²) in [4.78, 5) is 28.3. The van der Waals surface area contributed by atoms with Crippen LogP contribution in [0.1, 0.15) is 19.8 Å². The van der Waals surface area contributed by atoms with Gasteiger partial charge in [0.05, 0.1) is 19.3 Å². The molecule has 140 valence electrons. The summed E-state index contributed by atoms with van der Waals surface area (Å²) < 4.78 is 15.8. The molecule has 0 aromatic heterocycles. The van der Waals surface area contributed by atoms with E-state index in [0.29, 0.717) is 37.1 Å². The van der Waals surface area contributed by atoms with Crippen molar-refractivity contribution in [2.75, 3.05) is 19.8 Å². The minimum absolute atomic E-state index is 0.1000. The highest BCUT2D eigenvalue weighted by molar-refractivity contribution is 5.82. The molecule has 2 fully saturated rings. The van der Waals surface area contributed by atoms with Gasteiger partial charge >= 0.3 is 5.97 Å². The molecule has 1 aliphatic carbocycles. The summed E-state index contributed by atoms with van der Waals surface area (Å²) in [6.07, 6.45) is 2.52. The van der Waals surface area contributed by atoms with Gasteiger partial charge in [-0.25, -0.2) is 4.79 Å². The number of rotatable bonds is 11. The number of ether oxygens (including phenoxy) is 3. The van der Waals surface area contributed by atoms with E-state index < -0.39 is 11.6 Å². The number of esters is 1. The molecule has 7 nitrogen and oxygen atoms in total. The van der Waals surface area contributed by atoms with Gasteiger partial charge < -0.3 is 23.8 Å². The zero-order valence-corrected chi connectivity index (χ0v) is 14.7. The Bertz CT molecular complexity index is 667. The third kappa shape index (κ3) is 4.62. The van der Waals surface area contributed by atoms with Crippen LogP contribution in [0.5, 0.6) is 11.5 Å². The van der Waals surface area contributed by atoms with Gasteiger partial charge in [-0.05, 0) is 49.9 Å². The fraction of sp³-hybridized carbons (Fsp3) is 0.474. The van der Waals surface area contributed by atoms with Crippen LogP contribution in [0.3, 0.4) is 0 Å². The van der Waals surface area contributed by atoms with Crippen molar-refractivity contribution in [1.29, 1.82) is 0 Å². The number of carbonyl (C=O) groups excluding carboxylic acids is 2. The molecule has 1 N–H and O–H groups in total. The molecule has 0 bridgehead atoms. The number of hydrogen-bond donors (Lipinski definition) is 1. The Morgan fingerprint density at radius 3 is 2.62 bits per heavy atom. The Morgan fingerprint density at radius 1 is 1.42 bits per heavy atom. The molecule has 0 spiro atoms. The second-order valence-corrected chi connectivity index (χ2v) is 6.52. The van der Waals surface area contributed by atoms with Crippen LogP contribution in [0.2, 0.25) is 0 Å². The predicted molar refractivity (Wildman–Crippen MR) is 92.7 cm³/mol. The highest BCUT2D eigenvalue weighted by Crippen LogP contribution is 2.39. The van der Waals surface area contributed by atoms with Gasteiger partial charge in [-0.3, -0.25) is 0 Å². The van der Waals surface area contributed by atoms with Crippen LogP contribution in [0.15, 0.2) is 36.4 Å². The quantitative estimate of drug-likeness (QED) is 0.211. The highest BCUT2D eigenvalue weighted by atomic mass is 16.7. The van der Waals surface area contributed by atoms with Gasteiger partial charge in [0.15, 0.2) is 0 Å². The largest absolute Gasteiger partial charge is 0.490 e. The molecule has 3 unspecified atom stereocenters. The van der Waals surface area contributed by atoms with Crippen LogP contribution in [-0.2, 0) is 19.1 Å². The van der Waals surface area contributed by atoms with Gasteiger partial charge in [0.1, 0.15) is 24.4 Å². The maximum absolute atomic E-state index is 11.8. The van der Waals surface area contributed by atoms with E-state index in [4.69, 9.17) is 19.0 Å². The van der Waals surface area contributed by atoms with Gasteiger partial charge in [0, 0.05) is 0 Å². The van der Waals surface area contributed by atoms with Crippen molar-refractivity contribution in [3.05, 3.63) is 36.4 Å². The molecule has 7 heteroatoms. The SMILES string of the molecule is C=C1CC1CC(C=O)NOc1ccc(OCC2(C(=O)OCC)CO2)cc1. The van der Waals surface area contributed by atoms with Crippen molar-refractivity contribution in [1.82, 2.24) is 5.48 Å². The Morgan fingerprint density at radius 2 is 2.08 bits per heavy atom. The maximum atomic E-state index is 11.8. The van der Waals surface area contributed by atoms with Gasteiger partial charge in [-0.2, -0.15) is 0 Å². The smallest absolute Gasteiger partial charge is 0.344 e. The third-order valence-electron chi connectivity index (χ3n) is 4.39. The Balaban J connectivity index is 1.44. The molecule has 1 heterocycles. The standard InChI is InChI=1S/C19H23NO6/c1-3-23-18(22)19(12-25-19)11-24-16-4-6-17(7-5-16)26-20-15(10-21)9-14-8-13(14)2/h4-7,10,14-15,20H,2-3,8-9,11-12H2,1H3. The average Bonchev–Trinajstić information content (AvgIpc) is 3.56. The van der Waals surface area contributed by atoms with Crippen LogP contribution in [0, 0.1) is 5.92 Å². The molecule has 1 saturated carbocycles. The summed E-state index contributed by atoms with van der Waals surface area (Å²) in [6.45, 7) is 6.34. The third-order valence-corrected chi connectivity index (χ3v) is 4.39. The lowest BCUT2D eigenvalue weighted by Gasteiger charge is -2.14. The molecule has 1 saturated heterocycles. The van der Waals surface area contributed by atoms with E-state index in [2.05, 4.69) is 12.1 Å². The van der Waals surface area contributed by atoms with Crippen LogP contribution in [-0.4, -0.2) is 43.7 Å². The number of hydrogen-bond acceptors (Lipinski definition) is 7. The first-order valence-corrected chi connectivity index (χ1v) is 8.65. The molecule has 26 heavy (non-hydrogen) atoms. The molecule has 3 rings (SSSR count). The predicted octanol–water partition coefficient (Wildman–Crippen LogP) is 1.81. The maximum Gasteiger partial charge on any atom is 0.344 e. The number of nitrogens with one attached hydrogen (secondary N) is 1. The molecular weight excluding hydrogens is 338 g/mol. The molecule has 0 radical (unpaired) electrons. The van der Waals surface area contributed by atoms with E-state index >= 15 is 0 Å². The first-order valence-electron chi connectivity index (χ1n) is 8.65. The molecule has 3 atom stereocenters. The van der Waals surface area contributed by atoms with Gasteiger partial charge in [0.2, 0.25) is 5.60 Å². The van der Waals surface area contributed by atoms with E-state index in [-0.39, 0.29) is 12.6 Å². The van der Waals surface area contributed by atoms with E-state index in [9.17, 15) is 9.59 Å². The monoisotopic (exact) mass is 361 g/mol. The number of benzene rings is 1. The molecule has 1 aliphatic heterocycles. The Kier molecular flexibility index (Phi) is 5.58. The van der Waals surface area contributed by atoms with Crippen LogP contribution < -0.4 is 15.1 Å². The van der Waals surface area contributed by atoms with E-state index in [0.717, 1.165) is 12.7 Å².